The van der Waals surface area contributed by atoms with Crippen LogP contribution in [0.15, 0.2) is 30.3 Å². The summed E-state index contributed by atoms with van der Waals surface area (Å²) in [6.07, 6.45) is 3.84. The van der Waals surface area contributed by atoms with Crippen LogP contribution in [0, 0.1) is 5.92 Å². The molecule has 0 atom stereocenters. The van der Waals surface area contributed by atoms with Gasteiger partial charge in [0.1, 0.15) is 5.75 Å². The molecule has 1 rings (SSSR count). The van der Waals surface area contributed by atoms with E-state index in [9.17, 15) is 9.59 Å². The van der Waals surface area contributed by atoms with Gasteiger partial charge in [-0.3, -0.25) is 4.79 Å². The van der Waals surface area contributed by atoms with Crippen molar-refractivity contribution in [3.8, 4) is 5.75 Å². The molecule has 0 radical (unpaired) electrons. The van der Waals surface area contributed by atoms with E-state index >= 15 is 0 Å². The van der Waals surface area contributed by atoms with Crippen LogP contribution in [0.25, 0.3) is 6.08 Å². The highest BCUT2D eigenvalue weighted by Gasteiger charge is 2.05. The molecule has 5 nitrogen and oxygen atoms in total. The molecule has 0 aliphatic carbocycles. The number of benzene rings is 1. The second kappa shape index (κ2) is 10.4. The van der Waals surface area contributed by atoms with Crippen LogP contribution in [0.1, 0.15) is 32.8 Å². The Morgan fingerprint density at radius 1 is 1.22 bits per heavy atom. The quantitative estimate of drug-likeness (QED) is 0.561. The molecule has 0 aromatic heterocycles. The molecule has 23 heavy (non-hydrogen) atoms. The second-order valence-electron chi connectivity index (χ2n) is 5.48. The van der Waals surface area contributed by atoms with Gasteiger partial charge in [-0.2, -0.15) is 0 Å². The first kappa shape index (κ1) is 18.7. The Labute approximate surface area is 137 Å². The molecular weight excluding hydrogens is 294 g/mol. The summed E-state index contributed by atoms with van der Waals surface area (Å²) in [4.78, 5) is 23.0. The minimum Gasteiger partial charge on any atom is -0.494 e. The van der Waals surface area contributed by atoms with E-state index in [0.29, 0.717) is 19.1 Å². The average Bonchev–Trinajstić information content (AvgIpc) is 2.52. The fraction of sp³-hybridized carbons (Fsp3) is 0.444. The van der Waals surface area contributed by atoms with Gasteiger partial charge in [0.2, 0.25) is 0 Å². The molecule has 5 heteroatoms. The molecule has 1 N–H and O–H groups in total. The van der Waals surface area contributed by atoms with Gasteiger partial charge in [0.05, 0.1) is 6.61 Å². The molecule has 0 unspecified atom stereocenters. The summed E-state index contributed by atoms with van der Waals surface area (Å²) in [7, 11) is 0. The van der Waals surface area contributed by atoms with Crippen LogP contribution >= 0.6 is 0 Å². The molecule has 0 spiro atoms. The van der Waals surface area contributed by atoms with Gasteiger partial charge in [0, 0.05) is 12.6 Å². The van der Waals surface area contributed by atoms with Crippen molar-refractivity contribution in [2.24, 2.45) is 5.92 Å². The van der Waals surface area contributed by atoms with Crippen LogP contribution in [-0.4, -0.2) is 31.6 Å². The SMILES string of the molecule is CCOc1ccc(/C=C/C(=O)OCC(=O)NCCC(C)C)cc1. The molecule has 0 saturated heterocycles. The molecule has 1 aromatic rings. The molecule has 0 bridgehead atoms. The van der Waals surface area contributed by atoms with Crippen molar-refractivity contribution in [2.45, 2.75) is 27.2 Å². The maximum absolute atomic E-state index is 11.6. The first-order chi connectivity index (χ1) is 11.0. The highest BCUT2D eigenvalue weighted by molar-refractivity contribution is 5.89. The lowest BCUT2D eigenvalue weighted by Gasteiger charge is -2.07. The van der Waals surface area contributed by atoms with E-state index in [1.54, 1.807) is 6.08 Å². The number of hydrogen-bond acceptors (Lipinski definition) is 4. The maximum atomic E-state index is 11.6. The summed E-state index contributed by atoms with van der Waals surface area (Å²) in [6.45, 7) is 7.03. The smallest absolute Gasteiger partial charge is 0.331 e. The van der Waals surface area contributed by atoms with Gasteiger partial charge in [-0.1, -0.05) is 26.0 Å². The highest BCUT2D eigenvalue weighted by Crippen LogP contribution is 2.13. The summed E-state index contributed by atoms with van der Waals surface area (Å²) in [6, 6.07) is 7.34. The Bertz CT molecular complexity index is 520. The lowest BCUT2D eigenvalue weighted by molar-refractivity contribution is -0.143. The third-order valence-electron chi connectivity index (χ3n) is 2.99. The van der Waals surface area contributed by atoms with Gasteiger partial charge in [0.15, 0.2) is 6.61 Å². The van der Waals surface area contributed by atoms with Crippen LogP contribution in [0.2, 0.25) is 0 Å². The number of nitrogens with one attached hydrogen (secondary N) is 1. The molecule has 126 valence electrons. The summed E-state index contributed by atoms with van der Waals surface area (Å²) in [5.74, 6) is 0.478. The topological polar surface area (TPSA) is 64.6 Å². The first-order valence-electron chi connectivity index (χ1n) is 7.85. The van der Waals surface area contributed by atoms with Crippen molar-refractivity contribution in [2.75, 3.05) is 19.8 Å². The number of carbonyl (C=O) groups excluding carboxylic acids is 2. The third kappa shape index (κ3) is 8.66. The van der Waals surface area contributed by atoms with E-state index in [1.165, 1.54) is 6.08 Å². The Morgan fingerprint density at radius 3 is 2.52 bits per heavy atom. The predicted molar refractivity (Wildman–Crippen MR) is 90.1 cm³/mol. The molecule has 0 heterocycles. The molecule has 1 aromatic carbocycles. The minimum atomic E-state index is -0.544. The van der Waals surface area contributed by atoms with Crippen LogP contribution < -0.4 is 10.1 Å². The van der Waals surface area contributed by atoms with Crippen molar-refractivity contribution in [1.82, 2.24) is 5.32 Å². The van der Waals surface area contributed by atoms with Crippen LogP contribution in [0.4, 0.5) is 0 Å². The fourth-order valence-electron chi connectivity index (χ4n) is 1.74. The number of rotatable bonds is 9. The van der Waals surface area contributed by atoms with Gasteiger partial charge >= 0.3 is 5.97 Å². The van der Waals surface area contributed by atoms with Crippen LogP contribution in [0.3, 0.4) is 0 Å². The maximum Gasteiger partial charge on any atom is 0.331 e. The zero-order chi connectivity index (χ0) is 17.1. The van der Waals surface area contributed by atoms with Crippen LogP contribution in [0.5, 0.6) is 5.75 Å². The first-order valence-corrected chi connectivity index (χ1v) is 7.85. The van der Waals surface area contributed by atoms with Crippen molar-refractivity contribution in [3.05, 3.63) is 35.9 Å². The Kier molecular flexibility index (Phi) is 8.50. The van der Waals surface area contributed by atoms with Gasteiger partial charge < -0.3 is 14.8 Å². The second-order valence-corrected chi connectivity index (χ2v) is 5.48. The molecule has 0 fully saturated rings. The molecule has 0 aliphatic heterocycles. The van der Waals surface area contributed by atoms with Crippen molar-refractivity contribution >= 4 is 18.0 Å². The van der Waals surface area contributed by atoms with Crippen LogP contribution in [-0.2, 0) is 14.3 Å². The summed E-state index contributed by atoms with van der Waals surface area (Å²) in [5.41, 5.74) is 0.854. The van der Waals surface area contributed by atoms with Gasteiger partial charge in [-0.15, -0.1) is 0 Å². The molecule has 1 amide bonds. The Morgan fingerprint density at radius 2 is 1.91 bits per heavy atom. The largest absolute Gasteiger partial charge is 0.494 e. The van der Waals surface area contributed by atoms with Crippen molar-refractivity contribution in [3.63, 3.8) is 0 Å². The Hall–Kier alpha value is -2.30. The zero-order valence-electron chi connectivity index (χ0n) is 14.0. The van der Waals surface area contributed by atoms with E-state index < -0.39 is 5.97 Å². The zero-order valence-corrected chi connectivity index (χ0v) is 14.0. The number of hydrogen-bond donors (Lipinski definition) is 1. The summed E-state index contributed by atoms with van der Waals surface area (Å²) < 4.78 is 10.2. The van der Waals surface area contributed by atoms with Gasteiger partial charge in [0.25, 0.3) is 5.91 Å². The minimum absolute atomic E-state index is 0.259. The number of ether oxygens (including phenoxy) is 2. The standard InChI is InChI=1S/C18H25NO4/c1-4-22-16-8-5-15(6-9-16)7-10-18(21)23-13-17(20)19-12-11-14(2)3/h5-10,14H,4,11-13H2,1-3H3,(H,19,20)/b10-7+. The third-order valence-corrected chi connectivity index (χ3v) is 2.99. The Balaban J connectivity index is 2.31. The van der Waals surface area contributed by atoms with Crippen molar-refractivity contribution in [1.29, 1.82) is 0 Å². The normalized spacial score (nSPS) is 10.8. The molecular formula is C18H25NO4. The number of esters is 1. The molecule has 0 aliphatic rings. The lowest BCUT2D eigenvalue weighted by Crippen LogP contribution is -2.29. The summed E-state index contributed by atoms with van der Waals surface area (Å²) in [5, 5.41) is 2.71. The highest BCUT2D eigenvalue weighted by atomic mass is 16.5. The van der Waals surface area contributed by atoms with E-state index in [-0.39, 0.29) is 12.5 Å². The van der Waals surface area contributed by atoms with Crippen molar-refractivity contribution < 1.29 is 19.1 Å². The monoisotopic (exact) mass is 319 g/mol. The number of carbonyl (C=O) groups is 2. The average molecular weight is 319 g/mol. The van der Waals surface area contributed by atoms with E-state index in [2.05, 4.69) is 19.2 Å². The van der Waals surface area contributed by atoms with E-state index in [0.717, 1.165) is 17.7 Å². The van der Waals surface area contributed by atoms with E-state index in [1.807, 2.05) is 31.2 Å². The fourth-order valence-corrected chi connectivity index (χ4v) is 1.74. The van der Waals surface area contributed by atoms with Gasteiger partial charge in [-0.25, -0.2) is 4.79 Å². The van der Waals surface area contributed by atoms with E-state index in [4.69, 9.17) is 9.47 Å². The molecule has 0 saturated carbocycles. The number of amides is 1. The predicted octanol–water partition coefficient (Wildman–Crippen LogP) is 2.80. The summed E-state index contributed by atoms with van der Waals surface area (Å²) >= 11 is 0. The lowest BCUT2D eigenvalue weighted by atomic mass is 10.1. The van der Waals surface area contributed by atoms with Gasteiger partial charge in [-0.05, 0) is 43.0 Å².